The second-order valence-corrected chi connectivity index (χ2v) is 7.40. The van der Waals surface area contributed by atoms with Crippen molar-refractivity contribution in [1.82, 2.24) is 15.6 Å². The first-order chi connectivity index (χ1) is 11.2. The number of H-pyrrole nitrogens is 1. The fourth-order valence-corrected chi connectivity index (χ4v) is 4.84. The van der Waals surface area contributed by atoms with Crippen molar-refractivity contribution in [1.29, 1.82) is 0 Å². The lowest BCUT2D eigenvalue weighted by molar-refractivity contribution is -0.135. The molecule has 24 heavy (non-hydrogen) atoms. The SMILES string of the molecule is Cl.O=C(NC1CCCc2[nH]c(=O)ccc21)[C@@]12CCCC[C@H]1CNC2. The third kappa shape index (κ3) is 2.88. The fraction of sp³-hybridized carbons (Fsp3) is 0.667. The summed E-state index contributed by atoms with van der Waals surface area (Å²) >= 11 is 0. The van der Waals surface area contributed by atoms with Crippen LogP contribution in [0, 0.1) is 11.3 Å². The number of hydrogen-bond acceptors (Lipinski definition) is 3. The summed E-state index contributed by atoms with van der Waals surface area (Å²) in [5, 5.41) is 6.77. The second-order valence-electron chi connectivity index (χ2n) is 7.40. The third-order valence-corrected chi connectivity index (χ3v) is 6.13. The van der Waals surface area contributed by atoms with Gasteiger partial charge in [-0.25, -0.2) is 0 Å². The van der Waals surface area contributed by atoms with E-state index in [1.807, 2.05) is 6.07 Å². The van der Waals surface area contributed by atoms with Gasteiger partial charge in [0.1, 0.15) is 0 Å². The van der Waals surface area contributed by atoms with Gasteiger partial charge in [-0.15, -0.1) is 12.4 Å². The molecule has 0 aromatic carbocycles. The molecule has 3 atom stereocenters. The topological polar surface area (TPSA) is 74.0 Å². The summed E-state index contributed by atoms with van der Waals surface area (Å²) in [7, 11) is 0. The number of fused-ring (bicyclic) bond motifs is 2. The van der Waals surface area contributed by atoms with Crippen LogP contribution < -0.4 is 16.2 Å². The van der Waals surface area contributed by atoms with Crippen LogP contribution in [0.1, 0.15) is 55.8 Å². The van der Waals surface area contributed by atoms with E-state index in [2.05, 4.69) is 15.6 Å². The quantitative estimate of drug-likeness (QED) is 0.763. The monoisotopic (exact) mass is 351 g/mol. The Morgan fingerprint density at radius 2 is 2.08 bits per heavy atom. The Balaban J connectivity index is 0.00000169. The fourth-order valence-electron chi connectivity index (χ4n) is 4.84. The molecule has 1 saturated heterocycles. The van der Waals surface area contributed by atoms with Crippen LogP contribution in [0.2, 0.25) is 0 Å². The first-order valence-corrected chi connectivity index (χ1v) is 8.93. The maximum absolute atomic E-state index is 13.1. The minimum absolute atomic E-state index is 0. The van der Waals surface area contributed by atoms with Crippen LogP contribution in [0.5, 0.6) is 0 Å². The number of aromatic nitrogens is 1. The molecule has 1 aliphatic heterocycles. The number of aromatic amines is 1. The van der Waals surface area contributed by atoms with E-state index in [1.165, 1.54) is 6.42 Å². The molecule has 4 rings (SSSR count). The third-order valence-electron chi connectivity index (χ3n) is 6.13. The summed E-state index contributed by atoms with van der Waals surface area (Å²) < 4.78 is 0. The smallest absolute Gasteiger partial charge is 0.248 e. The molecule has 1 aromatic heterocycles. The summed E-state index contributed by atoms with van der Waals surface area (Å²) in [6, 6.07) is 3.50. The van der Waals surface area contributed by atoms with E-state index >= 15 is 0 Å². The molecule has 5 nitrogen and oxygen atoms in total. The van der Waals surface area contributed by atoms with E-state index in [9.17, 15) is 9.59 Å². The van der Waals surface area contributed by atoms with E-state index in [-0.39, 0.29) is 35.3 Å². The Labute approximate surface area is 148 Å². The van der Waals surface area contributed by atoms with Crippen LogP contribution in [-0.2, 0) is 11.2 Å². The normalized spacial score (nSPS) is 31.5. The Morgan fingerprint density at radius 3 is 2.96 bits per heavy atom. The lowest BCUT2D eigenvalue weighted by atomic mass is 9.67. The van der Waals surface area contributed by atoms with E-state index in [0.29, 0.717) is 5.92 Å². The minimum atomic E-state index is -0.210. The average molecular weight is 352 g/mol. The maximum atomic E-state index is 13.1. The van der Waals surface area contributed by atoms with E-state index < -0.39 is 0 Å². The molecule has 1 saturated carbocycles. The highest BCUT2D eigenvalue weighted by Gasteiger charge is 2.50. The number of amides is 1. The molecule has 6 heteroatoms. The highest BCUT2D eigenvalue weighted by molar-refractivity contribution is 5.85. The van der Waals surface area contributed by atoms with Crippen molar-refractivity contribution in [2.24, 2.45) is 11.3 Å². The van der Waals surface area contributed by atoms with Crippen LogP contribution >= 0.6 is 12.4 Å². The molecule has 0 bridgehead atoms. The van der Waals surface area contributed by atoms with Gasteiger partial charge < -0.3 is 15.6 Å². The molecule has 0 radical (unpaired) electrons. The number of pyridine rings is 1. The molecule has 1 unspecified atom stereocenters. The van der Waals surface area contributed by atoms with Crippen molar-refractivity contribution in [2.75, 3.05) is 13.1 Å². The lowest BCUT2D eigenvalue weighted by Gasteiger charge is -2.39. The molecule has 132 valence electrons. The molecule has 0 spiro atoms. The zero-order valence-corrected chi connectivity index (χ0v) is 14.7. The van der Waals surface area contributed by atoms with Crippen molar-refractivity contribution in [3.05, 3.63) is 33.7 Å². The van der Waals surface area contributed by atoms with Gasteiger partial charge in [0.15, 0.2) is 0 Å². The molecule has 1 aromatic rings. The number of aryl methyl sites for hydroxylation is 1. The Kier molecular flexibility index (Phi) is 5.02. The van der Waals surface area contributed by atoms with Crippen LogP contribution in [0.25, 0.3) is 0 Å². The van der Waals surface area contributed by atoms with Gasteiger partial charge in [-0.2, -0.15) is 0 Å². The van der Waals surface area contributed by atoms with E-state index in [1.54, 1.807) is 6.07 Å². The number of halogens is 1. The van der Waals surface area contributed by atoms with Gasteiger partial charge in [0.2, 0.25) is 11.5 Å². The molecule has 3 N–H and O–H groups in total. The van der Waals surface area contributed by atoms with Gasteiger partial charge >= 0.3 is 0 Å². The summed E-state index contributed by atoms with van der Waals surface area (Å²) in [6.07, 6.45) is 7.42. The van der Waals surface area contributed by atoms with Crippen molar-refractivity contribution < 1.29 is 4.79 Å². The van der Waals surface area contributed by atoms with Gasteiger partial charge in [0.25, 0.3) is 0 Å². The molecule has 2 heterocycles. The van der Waals surface area contributed by atoms with Gasteiger partial charge in [0.05, 0.1) is 11.5 Å². The van der Waals surface area contributed by atoms with Crippen LogP contribution in [0.15, 0.2) is 16.9 Å². The highest BCUT2D eigenvalue weighted by atomic mass is 35.5. The van der Waals surface area contributed by atoms with Crippen molar-refractivity contribution in [3.8, 4) is 0 Å². The Bertz CT molecular complexity index is 674. The van der Waals surface area contributed by atoms with Gasteiger partial charge in [-0.3, -0.25) is 9.59 Å². The molecule has 2 aliphatic carbocycles. The summed E-state index contributed by atoms with van der Waals surface area (Å²) in [5.41, 5.74) is 1.83. The first kappa shape index (κ1) is 17.5. The van der Waals surface area contributed by atoms with Crippen LogP contribution in [-0.4, -0.2) is 24.0 Å². The van der Waals surface area contributed by atoms with Crippen molar-refractivity contribution >= 4 is 18.3 Å². The summed E-state index contributed by atoms with van der Waals surface area (Å²) in [6.45, 7) is 1.79. The highest BCUT2D eigenvalue weighted by Crippen LogP contribution is 2.44. The lowest BCUT2D eigenvalue weighted by Crippen LogP contribution is -2.49. The van der Waals surface area contributed by atoms with Gasteiger partial charge in [-0.1, -0.05) is 12.8 Å². The van der Waals surface area contributed by atoms with E-state index in [0.717, 1.165) is 62.9 Å². The van der Waals surface area contributed by atoms with Gasteiger partial charge in [-0.05, 0) is 56.2 Å². The van der Waals surface area contributed by atoms with E-state index in [4.69, 9.17) is 0 Å². The van der Waals surface area contributed by atoms with Crippen molar-refractivity contribution in [3.63, 3.8) is 0 Å². The Hall–Kier alpha value is -1.33. The number of hydrogen-bond donors (Lipinski definition) is 3. The minimum Gasteiger partial charge on any atom is -0.349 e. The number of nitrogens with one attached hydrogen (secondary N) is 3. The zero-order chi connectivity index (χ0) is 15.9. The average Bonchev–Trinajstić information content (AvgIpc) is 3.00. The molecule has 2 fully saturated rings. The summed E-state index contributed by atoms with van der Waals surface area (Å²) in [5.74, 6) is 0.700. The Morgan fingerprint density at radius 1 is 1.21 bits per heavy atom. The van der Waals surface area contributed by atoms with Crippen LogP contribution in [0.3, 0.4) is 0 Å². The molecular weight excluding hydrogens is 326 g/mol. The number of carbonyl (C=O) groups is 1. The van der Waals surface area contributed by atoms with Gasteiger partial charge in [0, 0.05) is 18.3 Å². The molecule has 3 aliphatic rings. The molecule has 1 amide bonds. The first-order valence-electron chi connectivity index (χ1n) is 8.93. The molecular formula is C18H26ClN3O2. The largest absolute Gasteiger partial charge is 0.349 e. The van der Waals surface area contributed by atoms with Crippen molar-refractivity contribution in [2.45, 2.75) is 51.0 Å². The summed E-state index contributed by atoms with van der Waals surface area (Å²) in [4.78, 5) is 27.6. The van der Waals surface area contributed by atoms with Crippen LogP contribution in [0.4, 0.5) is 0 Å². The standard InChI is InChI=1S/C18H25N3O2.ClH/c22-16-8-7-13-14(20-16)5-3-6-15(13)21-17(23)18-9-2-1-4-12(18)10-19-11-18;/h7-8,12,15,19H,1-6,9-11H2,(H,20,22)(H,21,23);1H/t12-,15?,18+;/m0./s1. The maximum Gasteiger partial charge on any atom is 0.248 e. The zero-order valence-electron chi connectivity index (χ0n) is 13.9. The number of rotatable bonds is 2. The predicted molar refractivity (Wildman–Crippen MR) is 95.4 cm³/mol. The predicted octanol–water partition coefficient (Wildman–Crippen LogP) is 2.07. The second kappa shape index (κ2) is 6.89. The number of carbonyl (C=O) groups excluding carboxylic acids is 1.